The summed E-state index contributed by atoms with van der Waals surface area (Å²) >= 11 is 0. The summed E-state index contributed by atoms with van der Waals surface area (Å²) in [6, 6.07) is 3.59. The van der Waals surface area contributed by atoms with E-state index in [9.17, 15) is 51.1 Å². The third-order valence-electron chi connectivity index (χ3n) is 6.74. The first kappa shape index (κ1) is 26.2. The van der Waals surface area contributed by atoms with E-state index in [1.54, 1.807) is 0 Å². The molecule has 13 nitrogen and oxygen atoms in total. The maximum absolute atomic E-state index is 11.5. The van der Waals surface area contributed by atoms with E-state index in [0.29, 0.717) is 0 Å². The lowest BCUT2D eigenvalue weighted by molar-refractivity contribution is -0.404. The van der Waals surface area contributed by atoms with Crippen LogP contribution in [0.15, 0.2) is 18.2 Å². The zero-order valence-electron chi connectivity index (χ0n) is 18.0. The van der Waals surface area contributed by atoms with Crippen molar-refractivity contribution < 1.29 is 60.5 Å². The minimum Gasteiger partial charge on any atom is -0.398 e. The molecule has 2 aliphatic heterocycles. The van der Waals surface area contributed by atoms with Gasteiger partial charge in [-0.3, -0.25) is 0 Å². The maximum atomic E-state index is 11.5. The van der Waals surface area contributed by atoms with Gasteiger partial charge in [-0.15, -0.1) is 0 Å². The predicted octanol–water partition coefficient (Wildman–Crippen LogP) is -4.71. The van der Waals surface area contributed by atoms with Crippen molar-refractivity contribution in [2.24, 2.45) is 0 Å². The Bertz CT molecular complexity index is 881. The molecule has 0 amide bonds. The number of rotatable bonds is 4. The Labute approximate surface area is 188 Å². The highest BCUT2D eigenvalue weighted by atomic mass is 16.7. The van der Waals surface area contributed by atoms with Crippen molar-refractivity contribution in [1.82, 2.24) is 0 Å². The topological polar surface area (TPSA) is 247 Å². The van der Waals surface area contributed by atoms with Crippen LogP contribution in [0.3, 0.4) is 0 Å². The van der Waals surface area contributed by atoms with Crippen LogP contribution in [-0.4, -0.2) is 112 Å². The second-order valence-corrected chi connectivity index (χ2v) is 8.90. The van der Waals surface area contributed by atoms with Crippen LogP contribution in [0, 0.1) is 0 Å². The Balaban J connectivity index is 2.29. The molecule has 2 saturated heterocycles. The van der Waals surface area contributed by atoms with Crippen LogP contribution < -0.4 is 5.73 Å². The molecule has 0 aliphatic carbocycles. The summed E-state index contributed by atoms with van der Waals surface area (Å²) in [4.78, 5) is 0. The number of nitrogen functional groups attached to an aromatic ring is 1. The first-order valence-corrected chi connectivity index (χ1v) is 10.2. The number of aliphatic hydroxyl groups is 10. The summed E-state index contributed by atoms with van der Waals surface area (Å²) in [7, 11) is 0. The summed E-state index contributed by atoms with van der Waals surface area (Å²) in [5.41, 5.74) is -0.855. The Morgan fingerprint density at radius 1 is 0.788 bits per heavy atom. The Morgan fingerprint density at radius 3 is 1.67 bits per heavy atom. The highest BCUT2D eigenvalue weighted by Gasteiger charge is 2.67. The summed E-state index contributed by atoms with van der Waals surface area (Å²) in [5.74, 6) is -5.97. The first-order chi connectivity index (χ1) is 15.1. The number of hydrogen-bond donors (Lipinski definition) is 11. The van der Waals surface area contributed by atoms with Crippen LogP contribution in [0.25, 0.3) is 0 Å². The van der Waals surface area contributed by atoms with Crippen molar-refractivity contribution in [2.45, 2.75) is 73.2 Å². The van der Waals surface area contributed by atoms with Gasteiger partial charge in [0.2, 0.25) is 11.6 Å². The third kappa shape index (κ3) is 3.48. The van der Waals surface area contributed by atoms with Crippen molar-refractivity contribution >= 4 is 5.69 Å². The Morgan fingerprint density at radius 2 is 1.21 bits per heavy atom. The molecule has 0 spiro atoms. The fourth-order valence-corrected chi connectivity index (χ4v) is 4.46. The van der Waals surface area contributed by atoms with Crippen LogP contribution in [-0.2, 0) is 21.0 Å². The molecule has 33 heavy (non-hydrogen) atoms. The molecule has 2 aliphatic rings. The predicted molar refractivity (Wildman–Crippen MR) is 108 cm³/mol. The van der Waals surface area contributed by atoms with Gasteiger partial charge in [-0.25, -0.2) is 0 Å². The molecule has 3 rings (SSSR count). The van der Waals surface area contributed by atoms with E-state index < -0.39 is 83.7 Å². The quantitative estimate of drug-likeness (QED) is 0.183. The molecule has 13 heteroatoms. The SMILES string of the molecule is C[C@]1(O)[C@@H](O)[C@H](O)[C@@H](CO)O[C@]1(O)c1cccc(N)c1[C@@]1(O)O[C@H](CO)[C@@H](O)[C@H](O)[C@]1(C)O. The number of aliphatic hydroxyl groups excluding tert-OH is 6. The van der Waals surface area contributed by atoms with Crippen molar-refractivity contribution in [2.75, 3.05) is 18.9 Å². The van der Waals surface area contributed by atoms with E-state index in [2.05, 4.69) is 0 Å². The normalized spacial score (nSPS) is 48.6. The minimum atomic E-state index is -3.01. The van der Waals surface area contributed by atoms with Crippen molar-refractivity contribution in [1.29, 1.82) is 0 Å². The fraction of sp³-hybridized carbons (Fsp3) is 0.700. The molecule has 1 aromatic carbocycles. The minimum absolute atomic E-state index is 0.343. The van der Waals surface area contributed by atoms with E-state index in [1.165, 1.54) is 12.1 Å². The van der Waals surface area contributed by atoms with E-state index in [0.717, 1.165) is 19.9 Å². The first-order valence-electron chi connectivity index (χ1n) is 10.2. The van der Waals surface area contributed by atoms with Crippen LogP contribution in [0.4, 0.5) is 5.69 Å². The number of anilines is 1. The number of benzene rings is 1. The van der Waals surface area contributed by atoms with Gasteiger partial charge in [0.1, 0.15) is 47.8 Å². The van der Waals surface area contributed by atoms with Gasteiger partial charge in [0, 0.05) is 16.8 Å². The summed E-state index contributed by atoms with van der Waals surface area (Å²) in [6.45, 7) is 0.0448. The van der Waals surface area contributed by atoms with Gasteiger partial charge in [0.25, 0.3) is 0 Å². The van der Waals surface area contributed by atoms with Crippen molar-refractivity contribution in [3.05, 3.63) is 29.3 Å². The summed E-state index contributed by atoms with van der Waals surface area (Å²) in [6.07, 6.45) is -11.0. The molecule has 0 saturated carbocycles. The molecule has 0 radical (unpaired) electrons. The summed E-state index contributed by atoms with van der Waals surface area (Å²) in [5, 5.41) is 105. The van der Waals surface area contributed by atoms with E-state index in [4.69, 9.17) is 15.2 Å². The molecule has 10 atom stereocenters. The van der Waals surface area contributed by atoms with Crippen molar-refractivity contribution in [3.63, 3.8) is 0 Å². The average Bonchev–Trinajstić information content (AvgIpc) is 2.76. The molecular formula is C20H31NO12. The Kier molecular flexibility index (Phi) is 6.61. The number of ether oxygens (including phenoxy) is 2. The molecule has 12 N–H and O–H groups in total. The molecular weight excluding hydrogens is 446 g/mol. The zero-order valence-corrected chi connectivity index (χ0v) is 18.0. The maximum Gasteiger partial charge on any atom is 0.227 e. The van der Waals surface area contributed by atoms with E-state index in [-0.39, 0.29) is 5.69 Å². The molecule has 0 unspecified atom stereocenters. The van der Waals surface area contributed by atoms with Crippen LogP contribution in [0.5, 0.6) is 0 Å². The monoisotopic (exact) mass is 477 g/mol. The van der Waals surface area contributed by atoms with Gasteiger partial charge in [0.15, 0.2) is 0 Å². The van der Waals surface area contributed by atoms with Gasteiger partial charge in [0.05, 0.1) is 13.2 Å². The second-order valence-electron chi connectivity index (χ2n) is 8.90. The van der Waals surface area contributed by atoms with Crippen LogP contribution in [0.1, 0.15) is 25.0 Å². The average molecular weight is 477 g/mol. The number of nitrogens with two attached hydrogens (primary N) is 1. The largest absolute Gasteiger partial charge is 0.398 e. The second kappa shape index (κ2) is 8.34. The highest BCUT2D eigenvalue weighted by molar-refractivity contribution is 5.57. The molecule has 0 bridgehead atoms. The van der Waals surface area contributed by atoms with Gasteiger partial charge in [-0.1, -0.05) is 12.1 Å². The lowest BCUT2D eigenvalue weighted by Gasteiger charge is -2.55. The van der Waals surface area contributed by atoms with Crippen molar-refractivity contribution in [3.8, 4) is 0 Å². The van der Waals surface area contributed by atoms with Gasteiger partial charge in [-0.2, -0.15) is 0 Å². The fourth-order valence-electron chi connectivity index (χ4n) is 4.46. The van der Waals surface area contributed by atoms with Crippen LogP contribution >= 0.6 is 0 Å². The van der Waals surface area contributed by atoms with Gasteiger partial charge >= 0.3 is 0 Å². The van der Waals surface area contributed by atoms with E-state index in [1.807, 2.05) is 0 Å². The molecule has 1 aromatic rings. The Hall–Kier alpha value is -1.46. The van der Waals surface area contributed by atoms with Gasteiger partial charge in [-0.05, 0) is 19.9 Å². The summed E-state index contributed by atoms with van der Waals surface area (Å²) < 4.78 is 10.8. The van der Waals surface area contributed by atoms with Gasteiger partial charge < -0.3 is 66.3 Å². The lowest BCUT2D eigenvalue weighted by Crippen LogP contribution is -2.72. The number of hydrogen-bond acceptors (Lipinski definition) is 13. The smallest absolute Gasteiger partial charge is 0.227 e. The third-order valence-corrected chi connectivity index (χ3v) is 6.74. The van der Waals surface area contributed by atoms with E-state index >= 15 is 0 Å². The molecule has 2 heterocycles. The zero-order chi connectivity index (χ0) is 25.1. The van der Waals surface area contributed by atoms with Crippen LogP contribution in [0.2, 0.25) is 0 Å². The molecule has 2 fully saturated rings. The molecule has 188 valence electrons. The highest BCUT2D eigenvalue weighted by Crippen LogP contribution is 2.52. The molecule has 0 aromatic heterocycles. The standard InChI is InChI=1S/C20H31NO12/c1-17(28)15(26)13(24)10(6-22)32-19(17,30)8-4-3-5-9(21)12(8)20(31)18(2,29)16(27)14(25)11(7-23)33-20/h3-5,10-11,13-16,22-31H,6-7,21H2,1-2H3/t10-,11-,13-,14-,15+,16+,17+,18+,19-,20-/m1/s1. The lowest BCUT2D eigenvalue weighted by atomic mass is 9.71.